The van der Waals surface area contributed by atoms with E-state index in [0.29, 0.717) is 12.3 Å². The van der Waals surface area contributed by atoms with Gasteiger partial charge in [0.1, 0.15) is 11.6 Å². The Hall–Kier alpha value is -1.75. The molecule has 1 aliphatic heterocycles. The van der Waals surface area contributed by atoms with E-state index in [-0.39, 0.29) is 5.56 Å². The van der Waals surface area contributed by atoms with Crippen LogP contribution in [0, 0.1) is 24.5 Å². The molecule has 0 bridgehead atoms. The fourth-order valence-electron chi connectivity index (χ4n) is 3.69. The first-order chi connectivity index (χ1) is 11.5. The van der Waals surface area contributed by atoms with E-state index >= 15 is 0 Å². The highest BCUT2D eigenvalue weighted by molar-refractivity contribution is 5.20. The standard InChI is InChI=1S/C19H25F2N3/c1-14-16(12-23(2)22-14)13-24-10-4-5-15(11-24)8-9-17-18(20)6-3-7-19(17)21/h3,6-7,12,15H,4-5,8-11,13H2,1-2H3/t15-/m0/s1. The zero-order valence-corrected chi connectivity index (χ0v) is 14.4. The first-order valence-corrected chi connectivity index (χ1v) is 8.67. The van der Waals surface area contributed by atoms with Gasteiger partial charge in [0.25, 0.3) is 0 Å². The van der Waals surface area contributed by atoms with E-state index in [1.807, 2.05) is 18.7 Å². The highest BCUT2D eigenvalue weighted by atomic mass is 19.1. The summed E-state index contributed by atoms with van der Waals surface area (Å²) in [5.74, 6) is -0.350. The smallest absolute Gasteiger partial charge is 0.129 e. The second-order valence-corrected chi connectivity index (χ2v) is 6.90. The zero-order valence-electron chi connectivity index (χ0n) is 14.4. The highest BCUT2D eigenvalue weighted by Gasteiger charge is 2.22. The Labute approximate surface area is 142 Å². The number of likely N-dealkylation sites (tertiary alicyclic amines) is 1. The SMILES string of the molecule is Cc1nn(C)cc1CN1CCC[C@@H](CCc2c(F)cccc2F)C1. The Bertz CT molecular complexity index is 676. The van der Waals surface area contributed by atoms with Gasteiger partial charge in [-0.25, -0.2) is 8.78 Å². The van der Waals surface area contributed by atoms with Crippen LogP contribution in [0.1, 0.15) is 36.1 Å². The molecule has 1 atom stereocenters. The Morgan fingerprint density at radius 1 is 1.25 bits per heavy atom. The maximum Gasteiger partial charge on any atom is 0.129 e. The number of halogens is 2. The molecular weight excluding hydrogens is 308 g/mol. The first-order valence-electron chi connectivity index (χ1n) is 8.67. The summed E-state index contributed by atoms with van der Waals surface area (Å²) in [6.07, 6.45) is 5.67. The lowest BCUT2D eigenvalue weighted by atomic mass is 9.91. The molecule has 0 saturated carbocycles. The van der Waals surface area contributed by atoms with E-state index in [0.717, 1.165) is 44.6 Å². The summed E-state index contributed by atoms with van der Waals surface area (Å²) < 4.78 is 29.4. The molecule has 2 aromatic rings. The summed E-state index contributed by atoms with van der Waals surface area (Å²) in [4.78, 5) is 2.44. The molecule has 1 fully saturated rings. The molecule has 0 amide bonds. The van der Waals surface area contributed by atoms with Crippen LogP contribution in [-0.2, 0) is 20.0 Å². The maximum absolute atomic E-state index is 13.8. The van der Waals surface area contributed by atoms with Crippen LogP contribution in [-0.4, -0.2) is 27.8 Å². The predicted octanol–water partition coefficient (Wildman–Crippen LogP) is 3.85. The van der Waals surface area contributed by atoms with E-state index in [2.05, 4.69) is 16.2 Å². The summed E-state index contributed by atoms with van der Waals surface area (Å²) in [5, 5.41) is 4.40. The first kappa shape index (κ1) is 17.1. The van der Waals surface area contributed by atoms with E-state index < -0.39 is 11.6 Å². The van der Waals surface area contributed by atoms with E-state index in [4.69, 9.17) is 0 Å². The minimum absolute atomic E-state index is 0.234. The van der Waals surface area contributed by atoms with Crippen molar-refractivity contribution in [2.45, 2.75) is 39.2 Å². The number of aromatic nitrogens is 2. The second kappa shape index (κ2) is 7.43. The third kappa shape index (κ3) is 4.01. The third-order valence-electron chi connectivity index (χ3n) is 4.98. The lowest BCUT2D eigenvalue weighted by Crippen LogP contribution is -2.35. The lowest BCUT2D eigenvalue weighted by Gasteiger charge is -2.32. The number of nitrogens with zero attached hydrogens (tertiary/aromatic N) is 3. The second-order valence-electron chi connectivity index (χ2n) is 6.90. The summed E-state index contributed by atoms with van der Waals surface area (Å²) in [6, 6.07) is 4.11. The van der Waals surface area contributed by atoms with Crippen LogP contribution in [0.5, 0.6) is 0 Å². The van der Waals surface area contributed by atoms with Crippen molar-refractivity contribution < 1.29 is 8.78 Å². The predicted molar refractivity (Wildman–Crippen MR) is 90.6 cm³/mol. The molecular formula is C19H25F2N3. The van der Waals surface area contributed by atoms with Crippen molar-refractivity contribution in [1.29, 1.82) is 0 Å². The maximum atomic E-state index is 13.8. The van der Waals surface area contributed by atoms with Crippen LogP contribution in [0.3, 0.4) is 0 Å². The molecule has 24 heavy (non-hydrogen) atoms. The number of hydrogen-bond acceptors (Lipinski definition) is 2. The van der Waals surface area contributed by atoms with Crippen molar-refractivity contribution in [2.75, 3.05) is 13.1 Å². The van der Waals surface area contributed by atoms with Crippen LogP contribution in [0.2, 0.25) is 0 Å². The minimum Gasteiger partial charge on any atom is -0.299 e. The molecule has 1 saturated heterocycles. The molecule has 1 aliphatic rings. The Morgan fingerprint density at radius 2 is 2.00 bits per heavy atom. The quantitative estimate of drug-likeness (QED) is 0.829. The van der Waals surface area contributed by atoms with Crippen molar-refractivity contribution in [3.8, 4) is 0 Å². The molecule has 5 heteroatoms. The number of benzene rings is 1. The summed E-state index contributed by atoms with van der Waals surface area (Å²) in [5.41, 5.74) is 2.57. The van der Waals surface area contributed by atoms with Gasteiger partial charge in [0.2, 0.25) is 0 Å². The summed E-state index contributed by atoms with van der Waals surface area (Å²) >= 11 is 0. The van der Waals surface area contributed by atoms with E-state index in [1.54, 1.807) is 0 Å². The number of rotatable bonds is 5. The molecule has 0 unspecified atom stereocenters. The zero-order chi connectivity index (χ0) is 17.1. The average Bonchev–Trinajstić information content (AvgIpc) is 2.85. The van der Waals surface area contributed by atoms with Gasteiger partial charge in [-0.3, -0.25) is 9.58 Å². The van der Waals surface area contributed by atoms with E-state index in [1.165, 1.54) is 23.8 Å². The molecule has 130 valence electrons. The molecule has 0 spiro atoms. The fraction of sp³-hybridized carbons (Fsp3) is 0.526. The summed E-state index contributed by atoms with van der Waals surface area (Å²) in [7, 11) is 1.94. The summed E-state index contributed by atoms with van der Waals surface area (Å²) in [6.45, 7) is 5.02. The van der Waals surface area contributed by atoms with Gasteiger partial charge < -0.3 is 0 Å². The van der Waals surface area contributed by atoms with Crippen LogP contribution >= 0.6 is 0 Å². The average molecular weight is 333 g/mol. The van der Waals surface area contributed by atoms with Crippen molar-refractivity contribution in [2.24, 2.45) is 13.0 Å². The highest BCUT2D eigenvalue weighted by Crippen LogP contribution is 2.25. The molecule has 1 aromatic heterocycles. The van der Waals surface area contributed by atoms with Gasteiger partial charge in [-0.15, -0.1) is 0 Å². The van der Waals surface area contributed by atoms with Gasteiger partial charge in [-0.2, -0.15) is 5.10 Å². The molecule has 0 radical (unpaired) electrons. The van der Waals surface area contributed by atoms with Crippen molar-refractivity contribution in [3.05, 3.63) is 52.9 Å². The Balaban J connectivity index is 1.57. The number of aryl methyl sites for hydroxylation is 2. The van der Waals surface area contributed by atoms with E-state index in [9.17, 15) is 8.78 Å². The van der Waals surface area contributed by atoms with Gasteiger partial charge in [0, 0.05) is 37.5 Å². The number of hydrogen-bond donors (Lipinski definition) is 0. The molecule has 0 N–H and O–H groups in total. The fourth-order valence-corrected chi connectivity index (χ4v) is 3.69. The van der Waals surface area contributed by atoms with Crippen LogP contribution < -0.4 is 0 Å². The third-order valence-corrected chi connectivity index (χ3v) is 4.98. The van der Waals surface area contributed by atoms with Crippen LogP contribution in [0.4, 0.5) is 8.78 Å². The van der Waals surface area contributed by atoms with Gasteiger partial charge in [0.05, 0.1) is 5.69 Å². The minimum atomic E-state index is -0.423. The number of piperidine rings is 1. The molecule has 3 nitrogen and oxygen atoms in total. The van der Waals surface area contributed by atoms with Gasteiger partial charge >= 0.3 is 0 Å². The molecule has 3 rings (SSSR count). The monoisotopic (exact) mass is 333 g/mol. The molecule has 1 aromatic carbocycles. The van der Waals surface area contributed by atoms with Gasteiger partial charge in [0.15, 0.2) is 0 Å². The van der Waals surface area contributed by atoms with Crippen molar-refractivity contribution in [1.82, 2.24) is 14.7 Å². The topological polar surface area (TPSA) is 21.1 Å². The van der Waals surface area contributed by atoms with Crippen LogP contribution in [0.25, 0.3) is 0 Å². The Morgan fingerprint density at radius 3 is 2.67 bits per heavy atom. The van der Waals surface area contributed by atoms with Crippen molar-refractivity contribution in [3.63, 3.8) is 0 Å². The van der Waals surface area contributed by atoms with Crippen LogP contribution in [0.15, 0.2) is 24.4 Å². The van der Waals surface area contributed by atoms with Crippen molar-refractivity contribution >= 4 is 0 Å². The lowest BCUT2D eigenvalue weighted by molar-refractivity contribution is 0.161. The largest absolute Gasteiger partial charge is 0.299 e. The van der Waals surface area contributed by atoms with Gasteiger partial charge in [-0.05, 0) is 57.2 Å². The van der Waals surface area contributed by atoms with Gasteiger partial charge in [-0.1, -0.05) is 6.07 Å². The normalized spacial score (nSPS) is 18.9. The Kier molecular flexibility index (Phi) is 5.29. The molecule has 0 aliphatic carbocycles. The molecule has 2 heterocycles.